The lowest BCUT2D eigenvalue weighted by Crippen LogP contribution is -2.42. The summed E-state index contributed by atoms with van der Waals surface area (Å²) in [4.78, 5) is 3.72. The maximum absolute atomic E-state index is 11.4. The summed E-state index contributed by atoms with van der Waals surface area (Å²) in [7, 11) is -3.19. The molecule has 0 aliphatic carbocycles. The highest BCUT2D eigenvalue weighted by molar-refractivity contribution is 7.88. The van der Waals surface area contributed by atoms with E-state index in [1.165, 1.54) is 16.7 Å². The number of sulfonamides is 1. The molecule has 8 heteroatoms. The van der Waals surface area contributed by atoms with E-state index in [1.54, 1.807) is 17.5 Å². The van der Waals surface area contributed by atoms with Crippen LogP contribution in [0, 0.1) is 6.92 Å². The summed E-state index contributed by atoms with van der Waals surface area (Å²) >= 11 is 1.77. The molecule has 120 valence electrons. The molecule has 0 unspecified atom stereocenters. The zero-order valence-corrected chi connectivity index (χ0v) is 14.3. The quantitative estimate of drug-likeness (QED) is 0.892. The second kappa shape index (κ2) is 6.11. The third-order valence-corrected chi connectivity index (χ3v) is 5.57. The van der Waals surface area contributed by atoms with Gasteiger partial charge >= 0.3 is 0 Å². The number of fused-ring (bicyclic) bond motifs is 1. The molecule has 0 fully saturated rings. The van der Waals surface area contributed by atoms with Crippen LogP contribution in [-0.2, 0) is 23.1 Å². The number of thiophene rings is 1. The van der Waals surface area contributed by atoms with Gasteiger partial charge in [-0.2, -0.15) is 5.10 Å². The summed E-state index contributed by atoms with van der Waals surface area (Å²) < 4.78 is 27.2. The van der Waals surface area contributed by atoms with Crippen LogP contribution in [0.25, 0.3) is 0 Å². The van der Waals surface area contributed by atoms with Crippen LogP contribution in [-0.4, -0.2) is 42.4 Å². The summed E-state index contributed by atoms with van der Waals surface area (Å²) in [5.74, 6) is 0. The minimum atomic E-state index is -3.19. The van der Waals surface area contributed by atoms with Crippen molar-refractivity contribution >= 4 is 21.4 Å². The number of nitrogens with zero attached hydrogens (tertiary/aromatic N) is 3. The topological polar surface area (TPSA) is 67.2 Å². The predicted octanol–water partition coefficient (Wildman–Crippen LogP) is 1.36. The van der Waals surface area contributed by atoms with E-state index in [2.05, 4.69) is 33.1 Å². The van der Waals surface area contributed by atoms with Gasteiger partial charge in [0.15, 0.2) is 0 Å². The third-order valence-electron chi connectivity index (χ3n) is 3.87. The number of hydrogen-bond acceptors (Lipinski definition) is 5. The van der Waals surface area contributed by atoms with Crippen LogP contribution in [0.4, 0.5) is 0 Å². The monoisotopic (exact) mass is 340 g/mol. The van der Waals surface area contributed by atoms with Crippen molar-refractivity contribution in [3.63, 3.8) is 0 Å². The number of rotatable bonds is 5. The van der Waals surface area contributed by atoms with Gasteiger partial charge in [0.25, 0.3) is 0 Å². The van der Waals surface area contributed by atoms with E-state index < -0.39 is 10.0 Å². The lowest BCUT2D eigenvalue weighted by atomic mass is 10.1. The fourth-order valence-corrected chi connectivity index (χ4v) is 4.20. The van der Waals surface area contributed by atoms with E-state index in [0.717, 1.165) is 25.3 Å². The molecule has 1 aliphatic heterocycles. The van der Waals surface area contributed by atoms with E-state index in [1.807, 2.05) is 10.7 Å². The van der Waals surface area contributed by atoms with Crippen LogP contribution in [0.1, 0.15) is 22.2 Å². The lowest BCUT2D eigenvalue weighted by molar-refractivity contribution is 0.169. The van der Waals surface area contributed by atoms with Crippen molar-refractivity contribution in [2.24, 2.45) is 0 Å². The van der Waals surface area contributed by atoms with Crippen LogP contribution in [0.5, 0.6) is 0 Å². The van der Waals surface area contributed by atoms with E-state index in [9.17, 15) is 8.42 Å². The minimum absolute atomic E-state index is 0.0220. The molecule has 1 aliphatic rings. The fraction of sp³-hybridized carbons (Fsp3) is 0.500. The molecule has 22 heavy (non-hydrogen) atoms. The molecule has 0 radical (unpaired) electrons. The average Bonchev–Trinajstić information content (AvgIpc) is 3.05. The van der Waals surface area contributed by atoms with Crippen LogP contribution >= 0.6 is 11.3 Å². The predicted molar refractivity (Wildman–Crippen MR) is 87.3 cm³/mol. The van der Waals surface area contributed by atoms with E-state index in [4.69, 9.17) is 0 Å². The zero-order valence-electron chi connectivity index (χ0n) is 12.7. The normalized spacial score (nSPS) is 19.3. The average molecular weight is 340 g/mol. The Bertz CT molecular complexity index is 750. The fourth-order valence-electron chi connectivity index (χ4n) is 2.75. The van der Waals surface area contributed by atoms with Gasteiger partial charge in [-0.3, -0.25) is 9.58 Å². The van der Waals surface area contributed by atoms with Crippen LogP contribution in [0.3, 0.4) is 0 Å². The summed E-state index contributed by atoms with van der Waals surface area (Å²) in [5.41, 5.74) is 2.44. The highest BCUT2D eigenvalue weighted by atomic mass is 32.2. The van der Waals surface area contributed by atoms with Crippen LogP contribution in [0.15, 0.2) is 23.7 Å². The van der Waals surface area contributed by atoms with Crippen molar-refractivity contribution in [2.75, 3.05) is 19.3 Å². The number of aryl methyl sites for hydroxylation is 1. The zero-order chi connectivity index (χ0) is 15.7. The molecule has 0 saturated heterocycles. The van der Waals surface area contributed by atoms with Crippen molar-refractivity contribution in [1.82, 2.24) is 19.4 Å². The Hall–Kier alpha value is -1.22. The Morgan fingerprint density at radius 2 is 2.27 bits per heavy atom. The first kappa shape index (κ1) is 15.7. The van der Waals surface area contributed by atoms with Gasteiger partial charge in [0.05, 0.1) is 18.0 Å². The lowest BCUT2D eigenvalue weighted by Gasteiger charge is -2.33. The number of nitrogens with one attached hydrogen (secondary N) is 1. The third kappa shape index (κ3) is 3.57. The van der Waals surface area contributed by atoms with Crippen LogP contribution < -0.4 is 4.72 Å². The molecular weight excluding hydrogens is 320 g/mol. The van der Waals surface area contributed by atoms with Crippen molar-refractivity contribution in [1.29, 1.82) is 0 Å². The first-order valence-electron chi connectivity index (χ1n) is 7.15. The highest BCUT2D eigenvalue weighted by Gasteiger charge is 2.26. The maximum Gasteiger partial charge on any atom is 0.208 e. The van der Waals surface area contributed by atoms with Crippen molar-refractivity contribution in [2.45, 2.75) is 26.1 Å². The highest BCUT2D eigenvalue weighted by Crippen LogP contribution is 2.24. The Labute approximate surface area is 134 Å². The van der Waals surface area contributed by atoms with E-state index >= 15 is 0 Å². The molecule has 0 amide bonds. The molecule has 1 atom stereocenters. The van der Waals surface area contributed by atoms with Gasteiger partial charge in [0, 0.05) is 37.3 Å². The van der Waals surface area contributed by atoms with Gasteiger partial charge in [-0.25, -0.2) is 13.1 Å². The molecule has 0 spiro atoms. The summed E-state index contributed by atoms with van der Waals surface area (Å²) in [6, 6.07) is 4.16. The molecule has 1 N–H and O–H groups in total. The summed E-state index contributed by atoms with van der Waals surface area (Å²) in [5, 5.41) is 6.46. The van der Waals surface area contributed by atoms with Gasteiger partial charge in [0.2, 0.25) is 10.0 Å². The molecule has 2 aromatic heterocycles. The van der Waals surface area contributed by atoms with Gasteiger partial charge < -0.3 is 0 Å². The Morgan fingerprint density at radius 1 is 1.45 bits per heavy atom. The molecule has 3 heterocycles. The molecule has 0 saturated carbocycles. The van der Waals surface area contributed by atoms with Gasteiger partial charge in [-0.05, 0) is 30.0 Å². The Kier molecular flexibility index (Phi) is 4.35. The first-order chi connectivity index (χ1) is 10.4. The summed E-state index contributed by atoms with van der Waals surface area (Å²) in [6.45, 7) is 5.02. The molecular formula is C14H20N4O2S2. The largest absolute Gasteiger partial charge is 0.290 e. The van der Waals surface area contributed by atoms with Crippen LogP contribution in [0.2, 0.25) is 0 Å². The van der Waals surface area contributed by atoms with Gasteiger partial charge in [0.1, 0.15) is 0 Å². The maximum atomic E-state index is 11.4. The van der Waals surface area contributed by atoms with Gasteiger partial charge in [-0.1, -0.05) is 0 Å². The molecule has 2 aromatic rings. The second-order valence-electron chi connectivity index (χ2n) is 5.74. The van der Waals surface area contributed by atoms with Crippen molar-refractivity contribution in [3.05, 3.63) is 39.8 Å². The minimum Gasteiger partial charge on any atom is -0.290 e. The molecule has 3 rings (SSSR count). The molecule has 0 aromatic carbocycles. The van der Waals surface area contributed by atoms with Crippen molar-refractivity contribution in [3.8, 4) is 0 Å². The number of hydrogen-bond donors (Lipinski definition) is 1. The van der Waals surface area contributed by atoms with E-state index in [0.29, 0.717) is 6.54 Å². The second-order valence-corrected chi connectivity index (χ2v) is 8.57. The standard InChI is InChI=1S/C14H20N4O2S2/c1-11-4-6-21-14(11)10-17-8-12-3-5-15-18(12)13(9-17)7-16-22(2,19)20/h3-6,13,16H,7-10H2,1-2H3/t13-/m1/s1. The molecule has 6 nitrogen and oxygen atoms in total. The van der Waals surface area contributed by atoms with Crippen molar-refractivity contribution < 1.29 is 8.42 Å². The van der Waals surface area contributed by atoms with Gasteiger partial charge in [-0.15, -0.1) is 11.3 Å². The first-order valence-corrected chi connectivity index (χ1v) is 9.92. The smallest absolute Gasteiger partial charge is 0.208 e. The number of aromatic nitrogens is 2. The Balaban J connectivity index is 1.75. The molecule has 0 bridgehead atoms. The summed E-state index contributed by atoms with van der Waals surface area (Å²) in [6.07, 6.45) is 2.97. The van der Waals surface area contributed by atoms with E-state index in [-0.39, 0.29) is 6.04 Å². The SMILES string of the molecule is Cc1ccsc1CN1Cc2ccnn2[C@H](CNS(C)(=O)=O)C1. The Morgan fingerprint density at radius 3 is 2.95 bits per heavy atom.